The molecule has 0 spiro atoms. The molecule has 7 heteroatoms. The number of hydrogen-bond donors (Lipinski definition) is 0. The largest absolute Gasteiger partial charge is 0.353 e. The van der Waals surface area contributed by atoms with Gasteiger partial charge in [-0.25, -0.2) is 9.97 Å². The minimum absolute atomic E-state index is 0. The molecule has 0 amide bonds. The number of para-hydroxylation sites is 1. The van der Waals surface area contributed by atoms with E-state index in [9.17, 15) is 0 Å². The number of nitrogens with zero attached hydrogens (tertiary/aromatic N) is 4. The number of likely N-dealkylation sites (N-methyl/N-ethyl adjacent to an activating group) is 1. The molecule has 1 fully saturated rings. The van der Waals surface area contributed by atoms with Gasteiger partial charge in [0.1, 0.15) is 5.82 Å². The monoisotopic (exact) mass is 422 g/mol. The molecule has 0 N–H and O–H groups in total. The molecule has 0 aliphatic carbocycles. The molecule has 4 nitrogen and oxygen atoms in total. The zero-order chi connectivity index (χ0) is 18.1. The third-order valence-electron chi connectivity index (χ3n) is 4.87. The van der Waals surface area contributed by atoms with Crippen LogP contribution in [0.4, 0.5) is 5.82 Å². The molecule has 1 aliphatic rings. The summed E-state index contributed by atoms with van der Waals surface area (Å²) in [4.78, 5) is 14.5. The first-order valence-corrected chi connectivity index (χ1v) is 9.61. The highest BCUT2D eigenvalue weighted by Crippen LogP contribution is 2.32. The molecule has 0 radical (unpaired) electrons. The Labute approximate surface area is 175 Å². The summed E-state index contributed by atoms with van der Waals surface area (Å²) in [6, 6.07) is 13.6. The number of aromatic nitrogens is 2. The van der Waals surface area contributed by atoms with Gasteiger partial charge in [-0.3, -0.25) is 0 Å². The van der Waals surface area contributed by atoms with Gasteiger partial charge in [0.25, 0.3) is 0 Å². The molecule has 142 valence electrons. The lowest BCUT2D eigenvalue weighted by Gasteiger charge is -2.35. The van der Waals surface area contributed by atoms with E-state index in [1.807, 2.05) is 30.3 Å². The number of rotatable bonds is 3. The Kier molecular flexibility index (Phi) is 6.43. The van der Waals surface area contributed by atoms with E-state index in [1.54, 1.807) is 6.07 Å². The third-order valence-corrected chi connectivity index (χ3v) is 5.42. The van der Waals surface area contributed by atoms with Crippen LogP contribution in [-0.4, -0.2) is 47.6 Å². The van der Waals surface area contributed by atoms with Gasteiger partial charge in [-0.1, -0.05) is 42.3 Å². The van der Waals surface area contributed by atoms with Gasteiger partial charge in [-0.2, -0.15) is 0 Å². The second kappa shape index (κ2) is 8.61. The summed E-state index contributed by atoms with van der Waals surface area (Å²) in [5.74, 6) is 1.62. The van der Waals surface area contributed by atoms with Crippen molar-refractivity contribution in [1.29, 1.82) is 0 Å². The average molecular weight is 424 g/mol. The summed E-state index contributed by atoms with van der Waals surface area (Å²) in [5.41, 5.74) is 1.73. The highest BCUT2D eigenvalue weighted by molar-refractivity contribution is 6.36. The first-order valence-electron chi connectivity index (χ1n) is 8.85. The smallest absolute Gasteiger partial charge is 0.163 e. The lowest BCUT2D eigenvalue weighted by Crippen LogP contribution is -2.46. The van der Waals surface area contributed by atoms with Gasteiger partial charge in [0.15, 0.2) is 5.82 Å². The molecule has 3 aromatic rings. The molecule has 1 aromatic heterocycles. The van der Waals surface area contributed by atoms with E-state index in [-0.39, 0.29) is 12.4 Å². The van der Waals surface area contributed by atoms with Crippen LogP contribution in [-0.2, 0) is 0 Å². The van der Waals surface area contributed by atoms with Crippen molar-refractivity contribution in [3.05, 3.63) is 52.5 Å². The van der Waals surface area contributed by atoms with Gasteiger partial charge in [0.05, 0.1) is 10.5 Å². The van der Waals surface area contributed by atoms with E-state index in [0.29, 0.717) is 15.9 Å². The van der Waals surface area contributed by atoms with Crippen molar-refractivity contribution < 1.29 is 0 Å². The van der Waals surface area contributed by atoms with Crippen molar-refractivity contribution >= 4 is 52.3 Å². The number of hydrogen-bond acceptors (Lipinski definition) is 4. The minimum Gasteiger partial charge on any atom is -0.353 e. The molecule has 0 bridgehead atoms. The van der Waals surface area contributed by atoms with E-state index < -0.39 is 0 Å². The molecule has 0 atom stereocenters. The van der Waals surface area contributed by atoms with Crippen molar-refractivity contribution in [2.45, 2.75) is 6.92 Å². The zero-order valence-corrected chi connectivity index (χ0v) is 17.4. The fourth-order valence-electron chi connectivity index (χ4n) is 3.37. The summed E-state index contributed by atoms with van der Waals surface area (Å²) < 4.78 is 0. The van der Waals surface area contributed by atoms with E-state index in [1.165, 1.54) is 0 Å². The van der Waals surface area contributed by atoms with Crippen molar-refractivity contribution in [1.82, 2.24) is 14.9 Å². The van der Waals surface area contributed by atoms with Crippen LogP contribution in [0.1, 0.15) is 6.92 Å². The van der Waals surface area contributed by atoms with Crippen LogP contribution in [0.15, 0.2) is 42.5 Å². The van der Waals surface area contributed by atoms with Crippen molar-refractivity contribution in [3.63, 3.8) is 0 Å². The number of anilines is 1. The van der Waals surface area contributed by atoms with Crippen LogP contribution < -0.4 is 4.90 Å². The predicted molar refractivity (Wildman–Crippen MR) is 117 cm³/mol. The zero-order valence-electron chi connectivity index (χ0n) is 15.0. The quantitative estimate of drug-likeness (QED) is 0.582. The maximum Gasteiger partial charge on any atom is 0.163 e. The molecule has 4 rings (SSSR count). The molecule has 0 unspecified atom stereocenters. The van der Waals surface area contributed by atoms with Gasteiger partial charge in [0.2, 0.25) is 0 Å². The molecular formula is C20H21Cl3N4. The van der Waals surface area contributed by atoms with Crippen LogP contribution in [0, 0.1) is 0 Å². The summed E-state index contributed by atoms with van der Waals surface area (Å²) in [6.07, 6.45) is 0. The van der Waals surface area contributed by atoms with Crippen LogP contribution in [0.3, 0.4) is 0 Å². The number of halogens is 3. The van der Waals surface area contributed by atoms with Crippen LogP contribution in [0.2, 0.25) is 10.0 Å². The number of piperazine rings is 1. The Morgan fingerprint density at radius 2 is 1.70 bits per heavy atom. The third kappa shape index (κ3) is 4.14. The average Bonchev–Trinajstić information content (AvgIpc) is 2.67. The first-order chi connectivity index (χ1) is 12.7. The Bertz CT molecular complexity index is 940. The van der Waals surface area contributed by atoms with Crippen LogP contribution in [0.25, 0.3) is 22.3 Å². The SMILES string of the molecule is CCN1CCN(c2nc(-c3ccc(Cl)cc3Cl)nc3ccccc23)CC1.Cl. The van der Waals surface area contributed by atoms with Crippen LogP contribution >= 0.6 is 35.6 Å². The lowest BCUT2D eigenvalue weighted by molar-refractivity contribution is 0.271. The Balaban J connectivity index is 0.00000210. The molecule has 1 saturated heterocycles. The summed E-state index contributed by atoms with van der Waals surface area (Å²) >= 11 is 12.4. The Hall–Kier alpha value is -1.59. The predicted octanol–water partition coefficient (Wildman–Crippen LogP) is 5.17. The fourth-order valence-corrected chi connectivity index (χ4v) is 3.86. The van der Waals surface area contributed by atoms with Gasteiger partial charge in [0, 0.05) is 42.2 Å². The second-order valence-corrected chi connectivity index (χ2v) is 7.28. The summed E-state index contributed by atoms with van der Waals surface area (Å²) in [7, 11) is 0. The normalized spacial score (nSPS) is 15.0. The molecule has 0 saturated carbocycles. The van der Waals surface area contributed by atoms with E-state index in [2.05, 4.69) is 22.8 Å². The molecule has 27 heavy (non-hydrogen) atoms. The maximum absolute atomic E-state index is 6.41. The first kappa shape index (κ1) is 20.2. The number of benzene rings is 2. The topological polar surface area (TPSA) is 32.3 Å². The minimum atomic E-state index is 0. The summed E-state index contributed by atoms with van der Waals surface area (Å²) in [6.45, 7) is 7.31. The molecule has 2 aromatic carbocycles. The fraction of sp³-hybridized carbons (Fsp3) is 0.300. The van der Waals surface area contributed by atoms with E-state index >= 15 is 0 Å². The molecule has 1 aliphatic heterocycles. The lowest BCUT2D eigenvalue weighted by atomic mass is 10.1. The maximum atomic E-state index is 6.41. The summed E-state index contributed by atoms with van der Waals surface area (Å²) in [5, 5.41) is 2.25. The van der Waals surface area contributed by atoms with Gasteiger partial charge in [-0.05, 0) is 36.9 Å². The standard InChI is InChI=1S/C20H20Cl2N4.ClH/c1-2-25-9-11-26(12-10-25)20-16-5-3-4-6-18(16)23-19(24-20)15-8-7-14(21)13-17(15)22;/h3-8,13H,2,9-12H2,1H3;1H. The van der Waals surface area contributed by atoms with Crippen LogP contribution in [0.5, 0.6) is 0 Å². The Morgan fingerprint density at radius 1 is 0.963 bits per heavy atom. The highest BCUT2D eigenvalue weighted by Gasteiger charge is 2.21. The van der Waals surface area contributed by atoms with Crippen molar-refractivity contribution in [3.8, 4) is 11.4 Å². The second-order valence-electron chi connectivity index (χ2n) is 6.43. The molecule has 2 heterocycles. The molecular weight excluding hydrogens is 403 g/mol. The van der Waals surface area contributed by atoms with Crippen molar-refractivity contribution in [2.24, 2.45) is 0 Å². The van der Waals surface area contributed by atoms with Gasteiger partial charge < -0.3 is 9.80 Å². The van der Waals surface area contributed by atoms with Gasteiger partial charge in [-0.15, -0.1) is 12.4 Å². The van der Waals surface area contributed by atoms with E-state index in [4.69, 9.17) is 33.2 Å². The van der Waals surface area contributed by atoms with Crippen molar-refractivity contribution in [2.75, 3.05) is 37.6 Å². The Morgan fingerprint density at radius 3 is 2.41 bits per heavy atom. The highest BCUT2D eigenvalue weighted by atomic mass is 35.5. The van der Waals surface area contributed by atoms with E-state index in [0.717, 1.165) is 55.0 Å². The number of fused-ring (bicyclic) bond motifs is 1. The van der Waals surface area contributed by atoms with Gasteiger partial charge >= 0.3 is 0 Å².